The summed E-state index contributed by atoms with van der Waals surface area (Å²) in [6.07, 6.45) is 1.86. The molecule has 1 saturated carbocycles. The molecule has 2 aliphatic rings. The molecule has 3 aromatic rings. The molecule has 1 aromatic heterocycles. The average Bonchev–Trinajstić information content (AvgIpc) is 3.39. The van der Waals surface area contributed by atoms with Gasteiger partial charge in [0.05, 0.1) is 0 Å². The average molecular weight is 478 g/mol. The van der Waals surface area contributed by atoms with Gasteiger partial charge in [-0.2, -0.15) is 0 Å². The predicted octanol–water partition coefficient (Wildman–Crippen LogP) is 4.49. The van der Waals surface area contributed by atoms with Gasteiger partial charge in [-0.3, -0.25) is 10.1 Å². The fourth-order valence-electron chi connectivity index (χ4n) is 4.53. The fourth-order valence-corrected chi connectivity index (χ4v) is 5.20. The van der Waals surface area contributed by atoms with Crippen LogP contribution in [0.25, 0.3) is 11.1 Å². The number of nitrogens with one attached hydrogen (secondary N) is 2. The van der Waals surface area contributed by atoms with Crippen molar-refractivity contribution in [1.82, 2.24) is 10.3 Å². The quantitative estimate of drug-likeness (QED) is 0.462. The van der Waals surface area contributed by atoms with E-state index in [0.29, 0.717) is 0 Å². The summed E-state index contributed by atoms with van der Waals surface area (Å²) in [4.78, 5) is 40.5. The molecule has 1 heterocycles. The first-order chi connectivity index (χ1) is 16.5. The number of aliphatic carboxylic acids is 1. The van der Waals surface area contributed by atoms with Crippen LogP contribution in [0, 0.1) is 5.92 Å². The SMILES string of the molecule is O=C(Nc1nc(C(=O)NC(C(=O)O)C2CCC2)cs1)OCC1c2ccccc2-c2ccccc21. The van der Waals surface area contributed by atoms with E-state index in [1.54, 1.807) is 0 Å². The molecule has 5 rings (SSSR count). The second kappa shape index (κ2) is 9.26. The van der Waals surface area contributed by atoms with Crippen molar-refractivity contribution < 1.29 is 24.2 Å². The van der Waals surface area contributed by atoms with Gasteiger partial charge in [0.2, 0.25) is 0 Å². The van der Waals surface area contributed by atoms with Crippen LogP contribution < -0.4 is 10.6 Å². The lowest BCUT2D eigenvalue weighted by atomic mass is 9.79. The molecule has 0 spiro atoms. The van der Waals surface area contributed by atoms with Gasteiger partial charge in [-0.1, -0.05) is 55.0 Å². The fraction of sp³-hybridized carbons (Fsp3) is 0.280. The van der Waals surface area contributed by atoms with E-state index in [1.165, 1.54) is 5.38 Å². The van der Waals surface area contributed by atoms with Crippen molar-refractivity contribution in [3.8, 4) is 11.1 Å². The highest BCUT2D eigenvalue weighted by Gasteiger charge is 2.34. The molecular formula is C25H23N3O5S. The molecule has 0 radical (unpaired) electrons. The zero-order valence-electron chi connectivity index (χ0n) is 18.2. The number of carbonyl (C=O) groups excluding carboxylic acids is 2. The number of ether oxygens (including phenoxy) is 1. The third-order valence-electron chi connectivity index (χ3n) is 6.46. The van der Waals surface area contributed by atoms with Gasteiger partial charge < -0.3 is 15.2 Å². The van der Waals surface area contributed by atoms with Crippen molar-refractivity contribution in [2.24, 2.45) is 5.92 Å². The van der Waals surface area contributed by atoms with E-state index >= 15 is 0 Å². The van der Waals surface area contributed by atoms with Crippen LogP contribution in [-0.4, -0.2) is 40.7 Å². The molecule has 0 saturated heterocycles. The number of amides is 2. The first-order valence-corrected chi connectivity index (χ1v) is 12.0. The molecule has 34 heavy (non-hydrogen) atoms. The maximum atomic E-state index is 12.5. The lowest BCUT2D eigenvalue weighted by molar-refractivity contribution is -0.141. The Morgan fingerprint density at radius 1 is 1.06 bits per heavy atom. The molecule has 2 aliphatic carbocycles. The van der Waals surface area contributed by atoms with Gasteiger partial charge in [0.25, 0.3) is 5.91 Å². The Morgan fingerprint density at radius 3 is 2.29 bits per heavy atom. The van der Waals surface area contributed by atoms with Crippen LogP contribution in [0.1, 0.15) is 46.8 Å². The Morgan fingerprint density at radius 2 is 1.71 bits per heavy atom. The zero-order valence-corrected chi connectivity index (χ0v) is 19.0. The number of hydrogen-bond acceptors (Lipinski definition) is 6. The third-order valence-corrected chi connectivity index (χ3v) is 7.22. The van der Waals surface area contributed by atoms with Gasteiger partial charge in [0.15, 0.2) is 5.13 Å². The molecule has 2 aromatic carbocycles. The van der Waals surface area contributed by atoms with Gasteiger partial charge in [-0.25, -0.2) is 14.6 Å². The number of benzene rings is 2. The summed E-state index contributed by atoms with van der Waals surface area (Å²) in [6.45, 7) is 0.167. The Bertz CT molecular complexity index is 1210. The summed E-state index contributed by atoms with van der Waals surface area (Å²) in [7, 11) is 0. The number of thiazole rings is 1. The monoisotopic (exact) mass is 477 g/mol. The third kappa shape index (κ3) is 4.26. The van der Waals surface area contributed by atoms with Crippen LogP contribution in [0.2, 0.25) is 0 Å². The highest BCUT2D eigenvalue weighted by molar-refractivity contribution is 7.14. The molecule has 0 aliphatic heterocycles. The minimum absolute atomic E-state index is 0.0569. The van der Waals surface area contributed by atoms with Crippen LogP contribution in [-0.2, 0) is 9.53 Å². The smallest absolute Gasteiger partial charge is 0.413 e. The topological polar surface area (TPSA) is 118 Å². The maximum absolute atomic E-state index is 12.5. The van der Waals surface area contributed by atoms with E-state index in [-0.39, 0.29) is 29.3 Å². The van der Waals surface area contributed by atoms with E-state index in [1.807, 2.05) is 36.4 Å². The zero-order chi connectivity index (χ0) is 23.7. The van der Waals surface area contributed by atoms with Gasteiger partial charge in [-0.05, 0) is 41.0 Å². The van der Waals surface area contributed by atoms with E-state index in [2.05, 4.69) is 27.8 Å². The standard InChI is InChI=1S/C25H23N3O5S/c29-22(27-21(23(30)31)14-6-5-7-14)20-13-34-24(26-20)28-25(32)33-12-19-17-10-3-1-8-15(17)16-9-2-4-11-18(16)19/h1-4,8-11,13-14,19,21H,5-7,12H2,(H,27,29)(H,30,31)(H,26,28,32). The van der Waals surface area contributed by atoms with E-state index in [9.17, 15) is 19.5 Å². The number of anilines is 1. The number of hydrogen-bond donors (Lipinski definition) is 3. The number of fused-ring (bicyclic) bond motifs is 3. The van der Waals surface area contributed by atoms with Gasteiger partial charge in [0.1, 0.15) is 18.3 Å². The number of aromatic nitrogens is 1. The summed E-state index contributed by atoms with van der Waals surface area (Å²) in [5.74, 6) is -1.74. The van der Waals surface area contributed by atoms with Gasteiger partial charge >= 0.3 is 12.1 Å². The summed E-state index contributed by atoms with van der Waals surface area (Å²) < 4.78 is 5.50. The first-order valence-electron chi connectivity index (χ1n) is 11.1. The molecule has 2 amide bonds. The molecule has 3 N–H and O–H groups in total. The lowest BCUT2D eigenvalue weighted by Gasteiger charge is -2.31. The van der Waals surface area contributed by atoms with E-state index in [4.69, 9.17) is 4.74 Å². The molecular weight excluding hydrogens is 454 g/mol. The van der Waals surface area contributed by atoms with Crippen LogP contribution in [0.5, 0.6) is 0 Å². The van der Waals surface area contributed by atoms with Crippen LogP contribution >= 0.6 is 11.3 Å². The minimum atomic E-state index is -1.05. The molecule has 1 fully saturated rings. The minimum Gasteiger partial charge on any atom is -0.480 e. The summed E-state index contributed by atoms with van der Waals surface area (Å²) >= 11 is 1.07. The van der Waals surface area contributed by atoms with Crippen molar-refractivity contribution in [2.45, 2.75) is 31.2 Å². The Kier molecular flexibility index (Phi) is 6.02. The van der Waals surface area contributed by atoms with Crippen LogP contribution in [0.3, 0.4) is 0 Å². The Labute approximate surface area is 200 Å². The predicted molar refractivity (Wildman–Crippen MR) is 127 cm³/mol. The van der Waals surface area contributed by atoms with Crippen molar-refractivity contribution >= 4 is 34.4 Å². The Balaban J connectivity index is 1.19. The first kappa shape index (κ1) is 22.1. The summed E-state index contributed by atoms with van der Waals surface area (Å²) in [5, 5.41) is 16.2. The van der Waals surface area contributed by atoms with Crippen molar-refractivity contribution in [1.29, 1.82) is 0 Å². The highest BCUT2D eigenvalue weighted by atomic mass is 32.1. The molecule has 1 atom stereocenters. The number of rotatable bonds is 7. The number of nitrogens with zero attached hydrogens (tertiary/aromatic N) is 1. The van der Waals surface area contributed by atoms with Gasteiger partial charge in [-0.15, -0.1) is 11.3 Å². The highest BCUT2D eigenvalue weighted by Crippen LogP contribution is 2.44. The maximum Gasteiger partial charge on any atom is 0.413 e. The van der Waals surface area contributed by atoms with E-state index in [0.717, 1.165) is 52.9 Å². The summed E-state index contributed by atoms with van der Waals surface area (Å²) in [6, 6.07) is 15.2. The molecule has 174 valence electrons. The largest absolute Gasteiger partial charge is 0.480 e. The van der Waals surface area contributed by atoms with Crippen molar-refractivity contribution in [2.75, 3.05) is 11.9 Å². The normalized spacial score (nSPS) is 15.5. The molecule has 0 bridgehead atoms. The van der Waals surface area contributed by atoms with Crippen molar-refractivity contribution in [3.05, 3.63) is 70.7 Å². The van der Waals surface area contributed by atoms with Gasteiger partial charge in [0, 0.05) is 11.3 Å². The van der Waals surface area contributed by atoms with E-state index < -0.39 is 24.0 Å². The number of carboxylic acids is 1. The number of carboxylic acid groups (broad SMARTS) is 1. The Hall–Kier alpha value is -3.72. The van der Waals surface area contributed by atoms with Crippen LogP contribution in [0.4, 0.5) is 9.93 Å². The second-order valence-corrected chi connectivity index (χ2v) is 9.33. The summed E-state index contributed by atoms with van der Waals surface area (Å²) in [5.41, 5.74) is 4.58. The lowest BCUT2D eigenvalue weighted by Crippen LogP contribution is -2.48. The number of carbonyl (C=O) groups is 3. The molecule has 9 heteroatoms. The van der Waals surface area contributed by atoms with Crippen molar-refractivity contribution in [3.63, 3.8) is 0 Å². The van der Waals surface area contributed by atoms with Crippen LogP contribution in [0.15, 0.2) is 53.9 Å². The molecule has 1 unspecified atom stereocenters. The second-order valence-electron chi connectivity index (χ2n) is 8.47. The molecule has 8 nitrogen and oxygen atoms in total.